The van der Waals surface area contributed by atoms with E-state index in [-0.39, 0.29) is 4.87 Å². The molecule has 0 heterocycles. The molecule has 1 heteroatoms. The summed E-state index contributed by atoms with van der Waals surface area (Å²) in [7, 11) is 0. The third-order valence-corrected chi connectivity index (χ3v) is 2.61. The molecule has 0 rings (SSSR count). The van der Waals surface area contributed by atoms with Gasteiger partial charge in [0.15, 0.2) is 0 Å². The Labute approximate surface area is 82.7 Å². The first-order valence-electron chi connectivity index (χ1n) is 5.06. The molecule has 0 aliphatic heterocycles. The van der Waals surface area contributed by atoms with E-state index in [1.807, 2.05) is 0 Å². The summed E-state index contributed by atoms with van der Waals surface area (Å²) in [5.41, 5.74) is 0. The van der Waals surface area contributed by atoms with Gasteiger partial charge in [-0.1, -0.05) is 34.1 Å². The predicted octanol–water partition coefficient (Wildman–Crippen LogP) is 4.47. The molecule has 0 saturated carbocycles. The Bertz CT molecular complexity index is 116. The zero-order chi connectivity index (χ0) is 9.78. The molecule has 0 bridgehead atoms. The highest BCUT2D eigenvalue weighted by Crippen LogP contribution is 2.31. The Morgan fingerprint density at radius 3 is 2.00 bits per heavy atom. The topological polar surface area (TPSA) is 0 Å². The monoisotopic (exact) mass is 190 g/mol. The number of hydrogen-bond acceptors (Lipinski definition) is 0. The van der Waals surface area contributed by atoms with Crippen molar-refractivity contribution >= 4 is 11.6 Å². The Morgan fingerprint density at radius 1 is 1.17 bits per heavy atom. The molecular formula is C11H23Cl. The van der Waals surface area contributed by atoms with Crippen molar-refractivity contribution in [3.05, 3.63) is 0 Å². The number of hydrogen-bond donors (Lipinski definition) is 0. The Morgan fingerprint density at radius 2 is 1.67 bits per heavy atom. The Hall–Kier alpha value is 0.290. The molecule has 12 heavy (non-hydrogen) atoms. The van der Waals surface area contributed by atoms with E-state index < -0.39 is 0 Å². The van der Waals surface area contributed by atoms with Crippen molar-refractivity contribution in [1.29, 1.82) is 0 Å². The minimum Gasteiger partial charge on any atom is -0.120 e. The Kier molecular flexibility index (Phi) is 5.24. The minimum atomic E-state index is 0.0175. The highest BCUT2D eigenvalue weighted by atomic mass is 35.5. The molecule has 0 aromatic heterocycles. The van der Waals surface area contributed by atoms with Crippen molar-refractivity contribution in [2.75, 3.05) is 0 Å². The standard InChI is InChI=1S/C11H23Cl/c1-6-10(4)8-11(5,12)7-9(2)3/h9-10H,6-8H2,1-5H3. The van der Waals surface area contributed by atoms with Crippen LogP contribution in [0.3, 0.4) is 0 Å². The lowest BCUT2D eigenvalue weighted by molar-refractivity contribution is 0.375. The van der Waals surface area contributed by atoms with E-state index in [9.17, 15) is 0 Å². The third-order valence-electron chi connectivity index (χ3n) is 2.30. The van der Waals surface area contributed by atoms with Crippen molar-refractivity contribution in [2.24, 2.45) is 11.8 Å². The van der Waals surface area contributed by atoms with Crippen LogP contribution < -0.4 is 0 Å². The highest BCUT2D eigenvalue weighted by Gasteiger charge is 2.23. The van der Waals surface area contributed by atoms with Crippen LogP contribution in [0.5, 0.6) is 0 Å². The lowest BCUT2D eigenvalue weighted by Crippen LogP contribution is -2.22. The molecule has 2 unspecified atom stereocenters. The lowest BCUT2D eigenvalue weighted by atomic mass is 9.88. The van der Waals surface area contributed by atoms with Gasteiger partial charge in [0.05, 0.1) is 0 Å². The van der Waals surface area contributed by atoms with Crippen LogP contribution in [0.2, 0.25) is 0 Å². The Balaban J connectivity index is 3.85. The van der Waals surface area contributed by atoms with E-state index >= 15 is 0 Å². The number of alkyl halides is 1. The summed E-state index contributed by atoms with van der Waals surface area (Å²) in [5, 5.41) is 0. The summed E-state index contributed by atoms with van der Waals surface area (Å²) >= 11 is 6.40. The molecule has 0 radical (unpaired) electrons. The number of halogens is 1. The van der Waals surface area contributed by atoms with Gasteiger partial charge < -0.3 is 0 Å². The summed E-state index contributed by atoms with van der Waals surface area (Å²) < 4.78 is 0. The quantitative estimate of drug-likeness (QED) is 0.562. The summed E-state index contributed by atoms with van der Waals surface area (Å²) in [6.07, 6.45) is 3.50. The maximum absolute atomic E-state index is 6.40. The summed E-state index contributed by atoms with van der Waals surface area (Å²) in [5.74, 6) is 1.46. The van der Waals surface area contributed by atoms with Gasteiger partial charge in [-0.05, 0) is 31.6 Å². The van der Waals surface area contributed by atoms with Crippen LogP contribution in [0.4, 0.5) is 0 Å². The molecule has 0 aliphatic rings. The zero-order valence-electron chi connectivity index (χ0n) is 9.15. The van der Waals surface area contributed by atoms with Crippen LogP contribution in [0, 0.1) is 11.8 Å². The molecule has 0 amide bonds. The van der Waals surface area contributed by atoms with Gasteiger partial charge in [0, 0.05) is 4.87 Å². The average Bonchev–Trinajstić information content (AvgIpc) is 1.83. The lowest BCUT2D eigenvalue weighted by Gasteiger charge is -2.26. The van der Waals surface area contributed by atoms with E-state index in [4.69, 9.17) is 11.6 Å². The molecule has 74 valence electrons. The van der Waals surface area contributed by atoms with E-state index in [0.717, 1.165) is 18.8 Å². The van der Waals surface area contributed by atoms with Gasteiger partial charge in [0.2, 0.25) is 0 Å². The van der Waals surface area contributed by atoms with Gasteiger partial charge in [-0.25, -0.2) is 0 Å². The van der Waals surface area contributed by atoms with Gasteiger partial charge in [0.1, 0.15) is 0 Å². The third kappa shape index (κ3) is 5.88. The first-order chi connectivity index (χ1) is 5.37. The molecule has 0 saturated heterocycles. The molecule has 0 aliphatic carbocycles. The molecule has 0 N–H and O–H groups in total. The fourth-order valence-electron chi connectivity index (χ4n) is 1.81. The maximum Gasteiger partial charge on any atom is 0.0423 e. The van der Waals surface area contributed by atoms with Crippen molar-refractivity contribution in [2.45, 2.75) is 58.8 Å². The van der Waals surface area contributed by atoms with Gasteiger partial charge in [-0.15, -0.1) is 11.6 Å². The second kappa shape index (κ2) is 5.11. The van der Waals surface area contributed by atoms with Crippen molar-refractivity contribution in [3.8, 4) is 0 Å². The largest absolute Gasteiger partial charge is 0.120 e. The summed E-state index contributed by atoms with van der Waals surface area (Å²) in [6.45, 7) is 11.1. The maximum atomic E-state index is 6.40. The van der Waals surface area contributed by atoms with Crippen LogP contribution in [0.25, 0.3) is 0 Å². The van der Waals surface area contributed by atoms with E-state index in [1.165, 1.54) is 6.42 Å². The van der Waals surface area contributed by atoms with Crippen molar-refractivity contribution in [3.63, 3.8) is 0 Å². The van der Waals surface area contributed by atoms with Crippen LogP contribution in [0.15, 0.2) is 0 Å². The van der Waals surface area contributed by atoms with Crippen LogP contribution in [0.1, 0.15) is 53.9 Å². The van der Waals surface area contributed by atoms with Gasteiger partial charge in [-0.2, -0.15) is 0 Å². The van der Waals surface area contributed by atoms with E-state index in [1.54, 1.807) is 0 Å². The van der Waals surface area contributed by atoms with Crippen LogP contribution in [-0.2, 0) is 0 Å². The fourth-order valence-corrected chi connectivity index (χ4v) is 2.38. The average molecular weight is 191 g/mol. The smallest absolute Gasteiger partial charge is 0.0423 e. The van der Waals surface area contributed by atoms with E-state index in [0.29, 0.717) is 5.92 Å². The molecule has 0 aromatic carbocycles. The molecule has 0 fully saturated rings. The highest BCUT2D eigenvalue weighted by molar-refractivity contribution is 6.23. The first-order valence-corrected chi connectivity index (χ1v) is 5.44. The van der Waals surface area contributed by atoms with E-state index in [2.05, 4.69) is 34.6 Å². The first kappa shape index (κ1) is 12.3. The second-order valence-electron chi connectivity index (χ2n) is 4.73. The minimum absolute atomic E-state index is 0.0175. The summed E-state index contributed by atoms with van der Waals surface area (Å²) in [6, 6.07) is 0. The van der Waals surface area contributed by atoms with Crippen LogP contribution in [-0.4, -0.2) is 4.87 Å². The number of rotatable bonds is 5. The molecule has 0 spiro atoms. The van der Waals surface area contributed by atoms with Gasteiger partial charge in [-0.3, -0.25) is 0 Å². The predicted molar refractivity (Wildman–Crippen MR) is 57.8 cm³/mol. The normalized spacial score (nSPS) is 19.2. The molecule has 0 aromatic rings. The summed E-state index contributed by atoms with van der Waals surface area (Å²) in [4.78, 5) is 0.0175. The fraction of sp³-hybridized carbons (Fsp3) is 1.00. The SMILES string of the molecule is CCC(C)CC(C)(Cl)CC(C)C. The van der Waals surface area contributed by atoms with Crippen molar-refractivity contribution in [1.82, 2.24) is 0 Å². The zero-order valence-corrected chi connectivity index (χ0v) is 9.91. The molecule has 2 atom stereocenters. The molecular weight excluding hydrogens is 168 g/mol. The van der Waals surface area contributed by atoms with Crippen LogP contribution >= 0.6 is 11.6 Å². The second-order valence-corrected chi connectivity index (χ2v) is 5.64. The van der Waals surface area contributed by atoms with Crippen molar-refractivity contribution < 1.29 is 0 Å². The molecule has 0 nitrogen and oxygen atoms in total. The van der Waals surface area contributed by atoms with Gasteiger partial charge in [0.25, 0.3) is 0 Å². The van der Waals surface area contributed by atoms with Gasteiger partial charge >= 0.3 is 0 Å².